The van der Waals surface area contributed by atoms with Crippen LogP contribution in [0.15, 0.2) is 30.3 Å². The summed E-state index contributed by atoms with van der Waals surface area (Å²) in [7, 11) is 0. The van der Waals surface area contributed by atoms with Gasteiger partial charge in [0.05, 0.1) is 5.69 Å². The third kappa shape index (κ3) is 3.03. The second-order valence-electron chi connectivity index (χ2n) is 4.12. The summed E-state index contributed by atoms with van der Waals surface area (Å²) >= 11 is 0. The van der Waals surface area contributed by atoms with Gasteiger partial charge in [0.1, 0.15) is 17.5 Å². The van der Waals surface area contributed by atoms with Gasteiger partial charge in [-0.05, 0) is 25.5 Å². The first kappa shape index (κ1) is 12.5. The van der Waals surface area contributed by atoms with Crippen LogP contribution in [0.5, 0.6) is 0 Å². The Morgan fingerprint density at radius 2 is 2.06 bits per heavy atom. The van der Waals surface area contributed by atoms with Crippen molar-refractivity contribution in [2.75, 3.05) is 11.9 Å². The Labute approximate surface area is 106 Å². The van der Waals surface area contributed by atoms with Crippen molar-refractivity contribution in [1.82, 2.24) is 9.97 Å². The lowest BCUT2D eigenvalue weighted by Crippen LogP contribution is -2.04. The molecule has 4 heteroatoms. The monoisotopic (exact) mass is 245 g/mol. The molecule has 0 unspecified atom stereocenters. The Balaban J connectivity index is 2.35. The number of nitrogens with one attached hydrogen (secondary N) is 1. The fourth-order valence-electron chi connectivity index (χ4n) is 1.71. The summed E-state index contributed by atoms with van der Waals surface area (Å²) in [5, 5.41) is 3.22. The molecule has 0 saturated heterocycles. The van der Waals surface area contributed by atoms with Crippen molar-refractivity contribution in [1.29, 1.82) is 0 Å². The fraction of sp³-hybridized carbons (Fsp3) is 0.286. The van der Waals surface area contributed by atoms with E-state index in [2.05, 4.69) is 22.2 Å². The molecule has 0 fully saturated rings. The van der Waals surface area contributed by atoms with Crippen molar-refractivity contribution in [2.24, 2.45) is 0 Å². The van der Waals surface area contributed by atoms with Crippen LogP contribution >= 0.6 is 0 Å². The lowest BCUT2D eigenvalue weighted by Gasteiger charge is -2.08. The highest BCUT2D eigenvalue weighted by Gasteiger charge is 2.05. The quantitative estimate of drug-likeness (QED) is 0.897. The van der Waals surface area contributed by atoms with Gasteiger partial charge in [-0.3, -0.25) is 0 Å². The Kier molecular flexibility index (Phi) is 3.87. The zero-order chi connectivity index (χ0) is 13.0. The van der Waals surface area contributed by atoms with Gasteiger partial charge in [0.25, 0.3) is 0 Å². The topological polar surface area (TPSA) is 37.8 Å². The molecule has 0 aliphatic rings. The Morgan fingerprint density at radius 3 is 2.78 bits per heavy atom. The van der Waals surface area contributed by atoms with Crippen LogP contribution < -0.4 is 5.32 Å². The number of benzene rings is 1. The highest BCUT2D eigenvalue weighted by atomic mass is 19.1. The second kappa shape index (κ2) is 5.58. The minimum atomic E-state index is -0.258. The van der Waals surface area contributed by atoms with E-state index in [-0.39, 0.29) is 5.82 Å². The third-order valence-electron chi connectivity index (χ3n) is 2.51. The Bertz CT molecular complexity index is 540. The van der Waals surface area contributed by atoms with Crippen LogP contribution in [-0.4, -0.2) is 16.5 Å². The molecule has 0 aliphatic heterocycles. The summed E-state index contributed by atoms with van der Waals surface area (Å²) in [6.45, 7) is 4.79. The number of hydrogen-bond acceptors (Lipinski definition) is 3. The van der Waals surface area contributed by atoms with Gasteiger partial charge in [0.15, 0.2) is 0 Å². The first-order valence-electron chi connectivity index (χ1n) is 6.04. The molecule has 0 aliphatic carbocycles. The van der Waals surface area contributed by atoms with Gasteiger partial charge in [0, 0.05) is 18.2 Å². The largest absolute Gasteiger partial charge is 0.370 e. The van der Waals surface area contributed by atoms with Crippen molar-refractivity contribution in [3.8, 4) is 11.3 Å². The maximum atomic E-state index is 13.2. The molecule has 1 aromatic carbocycles. The van der Waals surface area contributed by atoms with Crippen LogP contribution in [0, 0.1) is 12.7 Å². The van der Waals surface area contributed by atoms with E-state index in [0.29, 0.717) is 5.82 Å². The average Bonchev–Trinajstić information content (AvgIpc) is 2.36. The number of anilines is 1. The minimum absolute atomic E-state index is 0.258. The van der Waals surface area contributed by atoms with Crippen LogP contribution in [0.1, 0.15) is 19.2 Å². The summed E-state index contributed by atoms with van der Waals surface area (Å²) in [6, 6.07) is 8.27. The molecule has 1 N–H and O–H groups in total. The third-order valence-corrected chi connectivity index (χ3v) is 2.51. The average molecular weight is 245 g/mol. The van der Waals surface area contributed by atoms with Crippen LogP contribution in [0.4, 0.5) is 10.2 Å². The van der Waals surface area contributed by atoms with Gasteiger partial charge in [-0.1, -0.05) is 19.1 Å². The van der Waals surface area contributed by atoms with E-state index in [1.807, 2.05) is 19.1 Å². The number of nitrogens with zero attached hydrogens (tertiary/aromatic N) is 2. The standard InChI is InChI=1S/C14H16FN3/c1-3-7-16-14-9-13(17-10(2)18-14)11-5-4-6-12(15)8-11/h4-6,8-9H,3,7H2,1-2H3,(H,16,17,18). The number of halogens is 1. The summed E-state index contributed by atoms with van der Waals surface area (Å²) in [5.41, 5.74) is 1.50. The molecular weight excluding hydrogens is 229 g/mol. The van der Waals surface area contributed by atoms with Crippen molar-refractivity contribution in [3.05, 3.63) is 42.0 Å². The van der Waals surface area contributed by atoms with E-state index in [9.17, 15) is 4.39 Å². The highest BCUT2D eigenvalue weighted by molar-refractivity contribution is 5.62. The molecule has 0 saturated carbocycles. The van der Waals surface area contributed by atoms with Gasteiger partial charge in [0.2, 0.25) is 0 Å². The van der Waals surface area contributed by atoms with Crippen LogP contribution in [0.3, 0.4) is 0 Å². The van der Waals surface area contributed by atoms with Gasteiger partial charge < -0.3 is 5.32 Å². The second-order valence-corrected chi connectivity index (χ2v) is 4.12. The minimum Gasteiger partial charge on any atom is -0.370 e. The van der Waals surface area contributed by atoms with E-state index in [0.717, 1.165) is 30.0 Å². The van der Waals surface area contributed by atoms with Crippen LogP contribution in [0.25, 0.3) is 11.3 Å². The van der Waals surface area contributed by atoms with E-state index in [4.69, 9.17) is 0 Å². The number of rotatable bonds is 4. The van der Waals surface area contributed by atoms with E-state index in [1.54, 1.807) is 6.07 Å². The number of aromatic nitrogens is 2. The summed E-state index contributed by atoms with van der Waals surface area (Å²) in [4.78, 5) is 8.64. The van der Waals surface area contributed by atoms with Gasteiger partial charge in [-0.15, -0.1) is 0 Å². The molecule has 18 heavy (non-hydrogen) atoms. The van der Waals surface area contributed by atoms with Crippen molar-refractivity contribution >= 4 is 5.82 Å². The van der Waals surface area contributed by atoms with Crippen molar-refractivity contribution in [2.45, 2.75) is 20.3 Å². The lowest BCUT2D eigenvalue weighted by atomic mass is 10.1. The molecule has 1 aromatic heterocycles. The molecule has 94 valence electrons. The van der Waals surface area contributed by atoms with E-state index in [1.165, 1.54) is 12.1 Å². The zero-order valence-electron chi connectivity index (χ0n) is 10.6. The van der Waals surface area contributed by atoms with Gasteiger partial charge >= 0.3 is 0 Å². The first-order chi connectivity index (χ1) is 8.69. The van der Waals surface area contributed by atoms with Crippen molar-refractivity contribution < 1.29 is 4.39 Å². The normalized spacial score (nSPS) is 10.4. The Morgan fingerprint density at radius 1 is 1.22 bits per heavy atom. The molecule has 0 radical (unpaired) electrons. The summed E-state index contributed by atoms with van der Waals surface area (Å²) in [5.74, 6) is 1.20. The molecule has 2 rings (SSSR count). The maximum Gasteiger partial charge on any atom is 0.130 e. The molecule has 0 spiro atoms. The molecule has 0 atom stereocenters. The molecule has 2 aromatic rings. The molecule has 0 amide bonds. The summed E-state index contributed by atoms with van der Waals surface area (Å²) in [6.07, 6.45) is 1.03. The van der Waals surface area contributed by atoms with E-state index >= 15 is 0 Å². The predicted molar refractivity (Wildman–Crippen MR) is 70.9 cm³/mol. The molecule has 0 bridgehead atoms. The number of aryl methyl sites for hydroxylation is 1. The smallest absolute Gasteiger partial charge is 0.130 e. The Hall–Kier alpha value is -1.97. The predicted octanol–water partition coefficient (Wildman–Crippen LogP) is 3.41. The van der Waals surface area contributed by atoms with Gasteiger partial charge in [-0.25, -0.2) is 14.4 Å². The lowest BCUT2D eigenvalue weighted by molar-refractivity contribution is 0.628. The molecule has 1 heterocycles. The maximum absolute atomic E-state index is 13.2. The van der Waals surface area contributed by atoms with Crippen LogP contribution in [0.2, 0.25) is 0 Å². The van der Waals surface area contributed by atoms with E-state index < -0.39 is 0 Å². The highest BCUT2D eigenvalue weighted by Crippen LogP contribution is 2.20. The summed E-state index contributed by atoms with van der Waals surface area (Å²) < 4.78 is 13.2. The van der Waals surface area contributed by atoms with Gasteiger partial charge in [-0.2, -0.15) is 0 Å². The van der Waals surface area contributed by atoms with Crippen LogP contribution in [-0.2, 0) is 0 Å². The first-order valence-corrected chi connectivity index (χ1v) is 6.04. The molecule has 3 nitrogen and oxygen atoms in total. The fourth-order valence-corrected chi connectivity index (χ4v) is 1.71. The van der Waals surface area contributed by atoms with Crippen molar-refractivity contribution in [3.63, 3.8) is 0 Å². The SMILES string of the molecule is CCCNc1cc(-c2cccc(F)c2)nc(C)n1. The zero-order valence-corrected chi connectivity index (χ0v) is 10.6. The molecular formula is C14H16FN3. The number of hydrogen-bond donors (Lipinski definition) is 1.